The molecular formula is C11H15N. The van der Waals surface area contributed by atoms with Crippen LogP contribution in [0, 0.1) is 6.92 Å². The number of fused-ring (bicyclic) bond motifs is 1. The largest absolute Gasteiger partial charge is 0.325 e. The molecular weight excluding hydrogens is 146 g/mol. The van der Waals surface area contributed by atoms with Gasteiger partial charge in [0.05, 0.1) is 0 Å². The van der Waals surface area contributed by atoms with E-state index in [2.05, 4.69) is 24.1 Å². The Bertz CT molecular complexity index is 307. The molecule has 12 heavy (non-hydrogen) atoms. The summed E-state index contributed by atoms with van der Waals surface area (Å²) in [5.74, 6) is 0. The van der Waals surface area contributed by atoms with Gasteiger partial charge in [-0.1, -0.05) is 6.58 Å². The lowest BCUT2D eigenvalue weighted by Gasteiger charge is -2.13. The van der Waals surface area contributed by atoms with Crippen molar-refractivity contribution >= 4 is 6.20 Å². The third kappa shape index (κ3) is 1.01. The Hall–Kier alpha value is -0.980. The predicted molar refractivity (Wildman–Crippen MR) is 52.2 cm³/mol. The fourth-order valence-corrected chi connectivity index (χ4v) is 2.13. The number of aromatic nitrogens is 1. The maximum absolute atomic E-state index is 3.84. The van der Waals surface area contributed by atoms with Gasteiger partial charge in [0.15, 0.2) is 0 Å². The van der Waals surface area contributed by atoms with Crippen molar-refractivity contribution < 1.29 is 0 Å². The predicted octanol–water partition coefficient (Wildman–Crippen LogP) is 2.78. The molecule has 1 aromatic rings. The van der Waals surface area contributed by atoms with E-state index in [1.165, 1.54) is 37.1 Å². The molecule has 0 aliphatic heterocycles. The lowest BCUT2D eigenvalue weighted by atomic mass is 9.98. The number of aryl methyl sites for hydroxylation is 2. The van der Waals surface area contributed by atoms with E-state index in [-0.39, 0.29) is 0 Å². The van der Waals surface area contributed by atoms with E-state index in [4.69, 9.17) is 0 Å². The van der Waals surface area contributed by atoms with Gasteiger partial charge in [-0.2, -0.15) is 0 Å². The molecule has 0 bridgehead atoms. The van der Waals surface area contributed by atoms with Crippen LogP contribution in [0.1, 0.15) is 29.8 Å². The summed E-state index contributed by atoms with van der Waals surface area (Å²) in [4.78, 5) is 0. The van der Waals surface area contributed by atoms with Gasteiger partial charge in [-0.05, 0) is 44.2 Å². The minimum Gasteiger partial charge on any atom is -0.325 e. The van der Waals surface area contributed by atoms with Crippen molar-refractivity contribution in [3.8, 4) is 0 Å². The van der Waals surface area contributed by atoms with Crippen molar-refractivity contribution in [1.82, 2.24) is 4.57 Å². The quantitative estimate of drug-likeness (QED) is 0.597. The molecule has 0 saturated heterocycles. The Morgan fingerprint density at radius 2 is 2.17 bits per heavy atom. The normalized spacial score (nSPS) is 15.8. The summed E-state index contributed by atoms with van der Waals surface area (Å²) < 4.78 is 2.23. The standard InChI is InChI=1S/C11H15N/c1-3-12-9(2)8-10-6-4-5-7-11(10)12/h3,8H,1,4-7H2,2H3. The number of hydrogen-bond acceptors (Lipinski definition) is 0. The molecule has 0 aromatic carbocycles. The van der Waals surface area contributed by atoms with E-state index in [0.29, 0.717) is 0 Å². The number of nitrogens with zero attached hydrogens (tertiary/aromatic N) is 1. The Labute approximate surface area is 73.7 Å². The molecule has 2 rings (SSSR count). The maximum Gasteiger partial charge on any atom is 0.0255 e. The topological polar surface area (TPSA) is 4.93 Å². The minimum atomic E-state index is 1.23. The highest BCUT2D eigenvalue weighted by Gasteiger charge is 2.14. The van der Waals surface area contributed by atoms with Crippen LogP contribution in [0.4, 0.5) is 0 Å². The molecule has 1 heteroatoms. The molecule has 64 valence electrons. The summed E-state index contributed by atoms with van der Waals surface area (Å²) in [6, 6.07) is 2.30. The van der Waals surface area contributed by atoms with Crippen LogP contribution >= 0.6 is 0 Å². The molecule has 1 aliphatic carbocycles. The summed E-state index contributed by atoms with van der Waals surface area (Å²) in [5, 5.41) is 0. The summed E-state index contributed by atoms with van der Waals surface area (Å²) in [6.45, 7) is 5.99. The van der Waals surface area contributed by atoms with Crippen molar-refractivity contribution in [1.29, 1.82) is 0 Å². The molecule has 1 aromatic heterocycles. The van der Waals surface area contributed by atoms with Crippen LogP contribution in [0.3, 0.4) is 0 Å². The highest BCUT2D eigenvalue weighted by molar-refractivity contribution is 5.38. The Balaban J connectivity index is 2.53. The van der Waals surface area contributed by atoms with Crippen LogP contribution in [0.5, 0.6) is 0 Å². The third-order valence-electron chi connectivity index (χ3n) is 2.72. The number of rotatable bonds is 1. The lowest BCUT2D eigenvalue weighted by molar-refractivity contribution is 0.666. The fraction of sp³-hybridized carbons (Fsp3) is 0.455. The first-order valence-corrected chi connectivity index (χ1v) is 4.65. The first kappa shape index (κ1) is 7.66. The SMILES string of the molecule is C=Cn1c(C)cc2c1CCCC2. The molecule has 1 aliphatic rings. The van der Waals surface area contributed by atoms with E-state index in [1.54, 1.807) is 5.56 Å². The van der Waals surface area contributed by atoms with Crippen LogP contribution < -0.4 is 0 Å². The second-order valence-electron chi connectivity index (χ2n) is 3.52. The summed E-state index contributed by atoms with van der Waals surface area (Å²) >= 11 is 0. The zero-order valence-corrected chi connectivity index (χ0v) is 7.64. The van der Waals surface area contributed by atoms with Crippen LogP contribution in [-0.4, -0.2) is 4.57 Å². The molecule has 0 unspecified atom stereocenters. The molecule has 0 radical (unpaired) electrons. The first-order chi connectivity index (χ1) is 5.83. The molecule has 0 fully saturated rings. The fourth-order valence-electron chi connectivity index (χ4n) is 2.13. The third-order valence-corrected chi connectivity index (χ3v) is 2.72. The molecule has 0 atom stereocenters. The highest BCUT2D eigenvalue weighted by atomic mass is 15.0. The average Bonchev–Trinajstić information content (AvgIpc) is 2.40. The van der Waals surface area contributed by atoms with E-state index < -0.39 is 0 Å². The van der Waals surface area contributed by atoms with E-state index in [1.807, 2.05) is 6.20 Å². The van der Waals surface area contributed by atoms with Gasteiger partial charge < -0.3 is 4.57 Å². The van der Waals surface area contributed by atoms with Crippen LogP contribution in [0.15, 0.2) is 12.6 Å². The average molecular weight is 161 g/mol. The maximum atomic E-state index is 3.84. The minimum absolute atomic E-state index is 1.23. The van der Waals surface area contributed by atoms with Gasteiger partial charge in [0, 0.05) is 17.6 Å². The Morgan fingerprint density at radius 1 is 1.42 bits per heavy atom. The van der Waals surface area contributed by atoms with Gasteiger partial charge in [0.25, 0.3) is 0 Å². The second kappa shape index (κ2) is 2.81. The van der Waals surface area contributed by atoms with Gasteiger partial charge >= 0.3 is 0 Å². The van der Waals surface area contributed by atoms with Gasteiger partial charge in [-0.25, -0.2) is 0 Å². The van der Waals surface area contributed by atoms with Crippen molar-refractivity contribution in [3.05, 3.63) is 29.6 Å². The van der Waals surface area contributed by atoms with Crippen LogP contribution in [0.25, 0.3) is 6.20 Å². The molecule has 0 amide bonds. The van der Waals surface area contributed by atoms with Crippen molar-refractivity contribution in [2.45, 2.75) is 32.6 Å². The van der Waals surface area contributed by atoms with Gasteiger partial charge in [0.1, 0.15) is 0 Å². The van der Waals surface area contributed by atoms with Crippen molar-refractivity contribution in [2.75, 3.05) is 0 Å². The summed E-state index contributed by atoms with van der Waals surface area (Å²) in [5.41, 5.74) is 4.37. The second-order valence-corrected chi connectivity index (χ2v) is 3.52. The van der Waals surface area contributed by atoms with Gasteiger partial charge in [-0.15, -0.1) is 0 Å². The van der Waals surface area contributed by atoms with Crippen molar-refractivity contribution in [2.24, 2.45) is 0 Å². The summed E-state index contributed by atoms with van der Waals surface area (Å²) in [6.07, 6.45) is 7.11. The number of hydrogen-bond donors (Lipinski definition) is 0. The van der Waals surface area contributed by atoms with E-state index in [9.17, 15) is 0 Å². The zero-order valence-electron chi connectivity index (χ0n) is 7.64. The lowest BCUT2D eigenvalue weighted by Crippen LogP contribution is -2.04. The Morgan fingerprint density at radius 3 is 2.92 bits per heavy atom. The van der Waals surface area contributed by atoms with Gasteiger partial charge in [0.2, 0.25) is 0 Å². The Kier molecular flexibility index (Phi) is 1.80. The molecule has 1 heterocycles. The van der Waals surface area contributed by atoms with Crippen LogP contribution in [-0.2, 0) is 12.8 Å². The van der Waals surface area contributed by atoms with Gasteiger partial charge in [-0.3, -0.25) is 0 Å². The monoisotopic (exact) mass is 161 g/mol. The zero-order chi connectivity index (χ0) is 8.55. The first-order valence-electron chi connectivity index (χ1n) is 4.65. The molecule has 0 spiro atoms. The smallest absolute Gasteiger partial charge is 0.0255 e. The molecule has 0 N–H and O–H groups in total. The van der Waals surface area contributed by atoms with E-state index >= 15 is 0 Å². The van der Waals surface area contributed by atoms with Crippen molar-refractivity contribution in [3.63, 3.8) is 0 Å². The molecule has 0 saturated carbocycles. The van der Waals surface area contributed by atoms with Crippen LogP contribution in [0.2, 0.25) is 0 Å². The summed E-state index contributed by atoms with van der Waals surface area (Å²) in [7, 11) is 0. The van der Waals surface area contributed by atoms with E-state index in [0.717, 1.165) is 0 Å². The molecule has 1 nitrogen and oxygen atoms in total. The highest BCUT2D eigenvalue weighted by Crippen LogP contribution is 2.24.